The lowest BCUT2D eigenvalue weighted by Gasteiger charge is -2.07. The van der Waals surface area contributed by atoms with Crippen molar-refractivity contribution in [2.75, 3.05) is 11.1 Å². The van der Waals surface area contributed by atoms with Crippen molar-refractivity contribution in [3.8, 4) is 0 Å². The number of aryl methyl sites for hydroxylation is 1. The van der Waals surface area contributed by atoms with Crippen molar-refractivity contribution in [2.24, 2.45) is 0 Å². The van der Waals surface area contributed by atoms with Crippen LogP contribution in [0.4, 0.5) is 10.1 Å². The molecule has 122 valence electrons. The number of hydrogen-bond donors (Lipinski definition) is 1. The van der Waals surface area contributed by atoms with Gasteiger partial charge >= 0.3 is 0 Å². The van der Waals surface area contributed by atoms with Crippen LogP contribution in [0.5, 0.6) is 0 Å². The summed E-state index contributed by atoms with van der Waals surface area (Å²) in [5, 5.41) is 2.67. The largest absolute Gasteiger partial charge is 0.326 e. The molecule has 0 aliphatic rings. The van der Waals surface area contributed by atoms with E-state index in [9.17, 15) is 17.6 Å². The molecule has 0 heterocycles. The maximum Gasteiger partial charge on any atom is 0.224 e. The third kappa shape index (κ3) is 4.63. The number of carbonyl (C=O) groups excluding carboxylic acids is 1. The first-order valence-electron chi connectivity index (χ1n) is 7.28. The van der Waals surface area contributed by atoms with E-state index in [4.69, 9.17) is 0 Å². The molecule has 0 unspecified atom stereocenters. The van der Waals surface area contributed by atoms with Crippen molar-refractivity contribution in [1.82, 2.24) is 0 Å². The second kappa shape index (κ2) is 7.37. The number of hydrogen-bond acceptors (Lipinski definition) is 3. The lowest BCUT2D eigenvalue weighted by atomic mass is 10.1. The predicted molar refractivity (Wildman–Crippen MR) is 87.5 cm³/mol. The van der Waals surface area contributed by atoms with Gasteiger partial charge in [-0.1, -0.05) is 25.1 Å². The van der Waals surface area contributed by atoms with E-state index in [2.05, 4.69) is 5.32 Å². The molecule has 4 nitrogen and oxygen atoms in total. The van der Waals surface area contributed by atoms with E-state index in [1.54, 1.807) is 37.3 Å². The smallest absolute Gasteiger partial charge is 0.224 e. The quantitative estimate of drug-likeness (QED) is 0.882. The van der Waals surface area contributed by atoms with Gasteiger partial charge in [-0.15, -0.1) is 0 Å². The van der Waals surface area contributed by atoms with Crippen molar-refractivity contribution in [3.63, 3.8) is 0 Å². The first-order chi connectivity index (χ1) is 10.9. The van der Waals surface area contributed by atoms with E-state index >= 15 is 0 Å². The van der Waals surface area contributed by atoms with E-state index in [1.165, 1.54) is 18.2 Å². The Morgan fingerprint density at radius 2 is 1.74 bits per heavy atom. The molecule has 0 aliphatic carbocycles. The maximum absolute atomic E-state index is 13.5. The Hall–Kier alpha value is -2.21. The van der Waals surface area contributed by atoms with Crippen molar-refractivity contribution < 1.29 is 17.6 Å². The van der Waals surface area contributed by atoms with Gasteiger partial charge in [-0.25, -0.2) is 12.8 Å². The molecule has 0 spiro atoms. The van der Waals surface area contributed by atoms with E-state index in [0.29, 0.717) is 17.7 Å². The monoisotopic (exact) mass is 335 g/mol. The van der Waals surface area contributed by atoms with Gasteiger partial charge in [-0.2, -0.15) is 0 Å². The predicted octanol–water partition coefficient (Wildman–Crippen LogP) is 3.19. The molecule has 2 aromatic carbocycles. The maximum atomic E-state index is 13.5. The van der Waals surface area contributed by atoms with Gasteiger partial charge in [-0.05, 0) is 42.3 Å². The number of benzene rings is 2. The zero-order chi connectivity index (χ0) is 16.9. The molecule has 0 saturated heterocycles. The van der Waals surface area contributed by atoms with Crippen molar-refractivity contribution in [3.05, 3.63) is 59.9 Å². The summed E-state index contributed by atoms with van der Waals surface area (Å²) in [6, 6.07) is 12.4. The minimum Gasteiger partial charge on any atom is -0.326 e. The summed E-state index contributed by atoms with van der Waals surface area (Å²) in [7, 11) is -3.25. The molecule has 2 rings (SSSR count). The van der Waals surface area contributed by atoms with Gasteiger partial charge in [-0.3, -0.25) is 4.79 Å². The summed E-state index contributed by atoms with van der Waals surface area (Å²) in [4.78, 5) is 12.1. The summed E-state index contributed by atoms with van der Waals surface area (Å²) >= 11 is 0. The van der Waals surface area contributed by atoms with Gasteiger partial charge in [0.1, 0.15) is 5.82 Å². The van der Waals surface area contributed by atoms with Crippen LogP contribution in [0.3, 0.4) is 0 Å². The van der Waals surface area contributed by atoms with Gasteiger partial charge in [0.25, 0.3) is 0 Å². The highest BCUT2D eigenvalue weighted by molar-refractivity contribution is 7.91. The Bertz CT molecular complexity index is 786. The standard InChI is InChI=1S/C17H18FNO3S/c1-2-23(21,22)15-10-8-14(9-11-15)19-17(20)12-7-13-5-3-4-6-16(13)18/h3-6,8-11H,2,7,12H2,1H3,(H,19,20). The molecule has 0 atom stereocenters. The number of halogens is 1. The molecule has 0 aromatic heterocycles. The highest BCUT2D eigenvalue weighted by Crippen LogP contribution is 2.16. The van der Waals surface area contributed by atoms with Crippen LogP contribution in [-0.4, -0.2) is 20.1 Å². The zero-order valence-corrected chi connectivity index (χ0v) is 13.6. The van der Waals surface area contributed by atoms with Crippen molar-refractivity contribution in [2.45, 2.75) is 24.7 Å². The van der Waals surface area contributed by atoms with Crippen LogP contribution in [0, 0.1) is 5.82 Å². The van der Waals surface area contributed by atoms with E-state index in [1.807, 2.05) is 0 Å². The van der Waals surface area contributed by atoms with Crippen molar-refractivity contribution >= 4 is 21.4 Å². The highest BCUT2D eigenvalue weighted by Gasteiger charge is 2.11. The minimum atomic E-state index is -3.25. The topological polar surface area (TPSA) is 63.2 Å². The average molecular weight is 335 g/mol. The molecule has 0 saturated carbocycles. The SMILES string of the molecule is CCS(=O)(=O)c1ccc(NC(=O)CCc2ccccc2F)cc1. The van der Waals surface area contributed by atoms with E-state index in [0.717, 1.165) is 0 Å². The Morgan fingerprint density at radius 3 is 2.35 bits per heavy atom. The molecular weight excluding hydrogens is 317 g/mol. The molecule has 0 fully saturated rings. The van der Waals surface area contributed by atoms with Crippen LogP contribution in [-0.2, 0) is 21.1 Å². The molecule has 6 heteroatoms. The number of nitrogens with one attached hydrogen (secondary N) is 1. The molecule has 0 aliphatic heterocycles. The molecule has 1 amide bonds. The average Bonchev–Trinajstić information content (AvgIpc) is 2.54. The first-order valence-corrected chi connectivity index (χ1v) is 8.93. The molecule has 0 bridgehead atoms. The molecule has 23 heavy (non-hydrogen) atoms. The minimum absolute atomic E-state index is 0.0291. The van der Waals surface area contributed by atoms with Crippen LogP contribution in [0.1, 0.15) is 18.9 Å². The van der Waals surface area contributed by atoms with Gasteiger partial charge in [0.05, 0.1) is 10.6 Å². The number of amides is 1. The lowest BCUT2D eigenvalue weighted by molar-refractivity contribution is -0.116. The zero-order valence-electron chi connectivity index (χ0n) is 12.8. The van der Waals surface area contributed by atoms with Gasteiger partial charge in [0.15, 0.2) is 9.84 Å². The Kier molecular flexibility index (Phi) is 5.50. The van der Waals surface area contributed by atoms with Crippen LogP contribution in [0.2, 0.25) is 0 Å². The molecule has 1 N–H and O–H groups in total. The fourth-order valence-electron chi connectivity index (χ4n) is 2.09. The second-order valence-electron chi connectivity index (χ2n) is 5.07. The third-order valence-electron chi connectivity index (χ3n) is 3.46. The Morgan fingerprint density at radius 1 is 1.09 bits per heavy atom. The number of sulfone groups is 1. The molecular formula is C17H18FNO3S. The summed E-state index contributed by atoms with van der Waals surface area (Å²) < 4.78 is 36.9. The number of carbonyl (C=O) groups is 1. The lowest BCUT2D eigenvalue weighted by Crippen LogP contribution is -2.13. The normalized spacial score (nSPS) is 11.2. The van der Waals surface area contributed by atoms with Gasteiger partial charge < -0.3 is 5.32 Å². The van der Waals surface area contributed by atoms with Crippen LogP contribution in [0.15, 0.2) is 53.4 Å². The van der Waals surface area contributed by atoms with Gasteiger partial charge in [0.2, 0.25) is 5.91 Å². The van der Waals surface area contributed by atoms with E-state index in [-0.39, 0.29) is 28.8 Å². The summed E-state index contributed by atoms with van der Waals surface area (Å²) in [5.74, 6) is -0.546. The van der Waals surface area contributed by atoms with E-state index < -0.39 is 9.84 Å². The van der Waals surface area contributed by atoms with Crippen LogP contribution < -0.4 is 5.32 Å². The first kappa shape index (κ1) is 17.1. The molecule has 0 radical (unpaired) electrons. The molecule has 2 aromatic rings. The second-order valence-corrected chi connectivity index (χ2v) is 7.35. The van der Waals surface area contributed by atoms with Gasteiger partial charge in [0, 0.05) is 12.1 Å². The van der Waals surface area contributed by atoms with Crippen LogP contribution >= 0.6 is 0 Å². The van der Waals surface area contributed by atoms with Crippen molar-refractivity contribution in [1.29, 1.82) is 0 Å². The fourth-order valence-corrected chi connectivity index (χ4v) is 2.97. The number of rotatable bonds is 6. The highest BCUT2D eigenvalue weighted by atomic mass is 32.2. The Balaban J connectivity index is 1.94. The summed E-state index contributed by atoms with van der Waals surface area (Å²) in [5.41, 5.74) is 1.01. The fraction of sp³-hybridized carbons (Fsp3) is 0.235. The summed E-state index contributed by atoms with van der Waals surface area (Å²) in [6.45, 7) is 1.58. The van der Waals surface area contributed by atoms with Crippen LogP contribution in [0.25, 0.3) is 0 Å². The third-order valence-corrected chi connectivity index (χ3v) is 5.21. The summed E-state index contributed by atoms with van der Waals surface area (Å²) in [6.07, 6.45) is 0.455. The Labute approximate surface area is 135 Å². The number of anilines is 1.